The van der Waals surface area contributed by atoms with Crippen LogP contribution in [0.5, 0.6) is 0 Å². The van der Waals surface area contributed by atoms with Gasteiger partial charge in [0.15, 0.2) is 0 Å². The first-order valence-corrected chi connectivity index (χ1v) is 7.23. The third kappa shape index (κ3) is 3.67. The Morgan fingerprint density at radius 1 is 1.24 bits per heavy atom. The van der Waals surface area contributed by atoms with Crippen LogP contribution in [0.25, 0.3) is 0 Å². The molecule has 2 rings (SSSR count). The lowest BCUT2D eigenvalue weighted by atomic mass is 9.92. The van der Waals surface area contributed by atoms with E-state index in [1.54, 1.807) is 0 Å². The molecule has 2 aliphatic rings. The number of rotatable bonds is 7. The highest BCUT2D eigenvalue weighted by Crippen LogP contribution is 2.51. The van der Waals surface area contributed by atoms with E-state index >= 15 is 0 Å². The van der Waals surface area contributed by atoms with Gasteiger partial charge in [0.2, 0.25) is 0 Å². The summed E-state index contributed by atoms with van der Waals surface area (Å²) in [7, 11) is 0. The van der Waals surface area contributed by atoms with E-state index in [9.17, 15) is 5.11 Å². The van der Waals surface area contributed by atoms with Gasteiger partial charge in [0.25, 0.3) is 0 Å². The number of β-amino-alcohol motifs (C(OH)–C–C–N with tert-alkyl or cyclic N) is 1. The summed E-state index contributed by atoms with van der Waals surface area (Å²) >= 11 is 0. The Kier molecular flexibility index (Phi) is 4.45. The van der Waals surface area contributed by atoms with Crippen LogP contribution in [0.2, 0.25) is 0 Å². The molecular weight excluding hydrogens is 212 g/mol. The molecule has 0 radical (unpaired) electrons. The van der Waals surface area contributed by atoms with E-state index in [1.807, 2.05) is 0 Å². The minimum Gasteiger partial charge on any atom is -0.390 e. The minimum absolute atomic E-state index is 0.198. The summed E-state index contributed by atoms with van der Waals surface area (Å²) in [6, 6.07) is 0. The fourth-order valence-corrected chi connectivity index (χ4v) is 2.93. The number of hydrogen-bond donors (Lipinski definition) is 2. The van der Waals surface area contributed by atoms with Gasteiger partial charge in [0, 0.05) is 19.6 Å². The molecule has 3 heteroatoms. The zero-order chi connectivity index (χ0) is 12.3. The second-order valence-electron chi connectivity index (χ2n) is 6.31. The van der Waals surface area contributed by atoms with Crippen molar-refractivity contribution in [3.63, 3.8) is 0 Å². The molecule has 17 heavy (non-hydrogen) atoms. The Morgan fingerprint density at radius 2 is 1.88 bits per heavy atom. The SMILES string of the molecule is CC(C)C1(CNCC(O)CN2CCCC2)CC1. The lowest BCUT2D eigenvalue weighted by Gasteiger charge is -2.23. The maximum Gasteiger partial charge on any atom is 0.0791 e. The molecule has 1 aliphatic carbocycles. The Hall–Kier alpha value is -0.120. The summed E-state index contributed by atoms with van der Waals surface area (Å²) in [5, 5.41) is 13.4. The average Bonchev–Trinajstić information content (AvgIpc) is 2.90. The molecule has 0 aromatic rings. The number of hydrogen-bond acceptors (Lipinski definition) is 3. The molecule has 1 unspecified atom stereocenters. The van der Waals surface area contributed by atoms with Crippen molar-refractivity contribution in [1.29, 1.82) is 0 Å². The highest BCUT2D eigenvalue weighted by molar-refractivity contribution is 4.97. The van der Waals surface area contributed by atoms with Gasteiger partial charge in [-0.25, -0.2) is 0 Å². The lowest BCUT2D eigenvalue weighted by Crippen LogP contribution is -2.39. The van der Waals surface area contributed by atoms with Gasteiger partial charge in [-0.2, -0.15) is 0 Å². The van der Waals surface area contributed by atoms with Crippen LogP contribution < -0.4 is 5.32 Å². The van der Waals surface area contributed by atoms with Crippen molar-refractivity contribution in [2.45, 2.75) is 45.6 Å². The molecule has 1 saturated carbocycles. The molecule has 100 valence electrons. The number of aliphatic hydroxyl groups is 1. The van der Waals surface area contributed by atoms with Crippen LogP contribution in [0, 0.1) is 11.3 Å². The number of likely N-dealkylation sites (tertiary alicyclic amines) is 1. The van der Waals surface area contributed by atoms with Gasteiger partial charge in [-0.15, -0.1) is 0 Å². The Labute approximate surface area is 106 Å². The first-order valence-electron chi connectivity index (χ1n) is 7.23. The summed E-state index contributed by atoms with van der Waals surface area (Å²) in [5.74, 6) is 0.769. The van der Waals surface area contributed by atoms with E-state index in [4.69, 9.17) is 0 Å². The van der Waals surface area contributed by atoms with Crippen molar-refractivity contribution in [2.24, 2.45) is 11.3 Å². The van der Waals surface area contributed by atoms with Gasteiger partial charge in [0.05, 0.1) is 6.10 Å². The maximum absolute atomic E-state index is 9.96. The van der Waals surface area contributed by atoms with Gasteiger partial charge in [-0.1, -0.05) is 13.8 Å². The Bertz CT molecular complexity index is 232. The smallest absolute Gasteiger partial charge is 0.0791 e. The van der Waals surface area contributed by atoms with Gasteiger partial charge in [-0.3, -0.25) is 0 Å². The molecule has 2 fully saturated rings. The third-order valence-electron chi connectivity index (χ3n) is 4.64. The zero-order valence-corrected chi connectivity index (χ0v) is 11.4. The first kappa shape index (κ1) is 13.3. The van der Waals surface area contributed by atoms with Crippen LogP contribution in [0.1, 0.15) is 39.5 Å². The predicted octanol–water partition coefficient (Wildman–Crippen LogP) is 1.47. The van der Waals surface area contributed by atoms with Crippen LogP contribution in [0.4, 0.5) is 0 Å². The number of nitrogens with zero attached hydrogens (tertiary/aromatic N) is 1. The zero-order valence-electron chi connectivity index (χ0n) is 11.4. The average molecular weight is 240 g/mol. The van der Waals surface area contributed by atoms with Gasteiger partial charge < -0.3 is 15.3 Å². The highest BCUT2D eigenvalue weighted by Gasteiger charge is 2.44. The van der Waals surface area contributed by atoms with E-state index in [0.29, 0.717) is 5.41 Å². The number of aliphatic hydroxyl groups excluding tert-OH is 1. The quantitative estimate of drug-likeness (QED) is 0.707. The lowest BCUT2D eigenvalue weighted by molar-refractivity contribution is 0.121. The van der Waals surface area contributed by atoms with E-state index in [0.717, 1.165) is 25.6 Å². The van der Waals surface area contributed by atoms with Crippen LogP contribution in [0.15, 0.2) is 0 Å². The second-order valence-corrected chi connectivity index (χ2v) is 6.31. The van der Waals surface area contributed by atoms with Crippen molar-refractivity contribution in [3.8, 4) is 0 Å². The van der Waals surface area contributed by atoms with Crippen molar-refractivity contribution in [3.05, 3.63) is 0 Å². The fraction of sp³-hybridized carbons (Fsp3) is 1.00. The third-order valence-corrected chi connectivity index (χ3v) is 4.64. The molecule has 0 spiro atoms. The van der Waals surface area contributed by atoms with Crippen LogP contribution >= 0.6 is 0 Å². The summed E-state index contributed by atoms with van der Waals surface area (Å²) in [6.07, 6.45) is 5.13. The monoisotopic (exact) mass is 240 g/mol. The molecule has 0 aromatic heterocycles. The molecule has 0 amide bonds. The summed E-state index contributed by atoms with van der Waals surface area (Å²) in [6.45, 7) is 9.67. The first-order chi connectivity index (χ1) is 8.12. The molecule has 0 bridgehead atoms. The van der Waals surface area contributed by atoms with Crippen LogP contribution in [-0.2, 0) is 0 Å². The second kappa shape index (κ2) is 5.68. The van der Waals surface area contributed by atoms with E-state index in [-0.39, 0.29) is 6.10 Å². The molecule has 2 N–H and O–H groups in total. The summed E-state index contributed by atoms with van der Waals surface area (Å²) < 4.78 is 0. The van der Waals surface area contributed by atoms with Gasteiger partial charge in [0.1, 0.15) is 0 Å². The Balaban J connectivity index is 1.58. The molecule has 1 atom stereocenters. The van der Waals surface area contributed by atoms with Crippen molar-refractivity contribution in [1.82, 2.24) is 10.2 Å². The predicted molar refractivity (Wildman–Crippen MR) is 71.1 cm³/mol. The molecular formula is C14H28N2O. The van der Waals surface area contributed by atoms with Crippen molar-refractivity contribution in [2.75, 3.05) is 32.7 Å². The summed E-state index contributed by atoms with van der Waals surface area (Å²) in [5.41, 5.74) is 0.549. The van der Waals surface area contributed by atoms with Crippen LogP contribution in [0.3, 0.4) is 0 Å². The normalized spacial score (nSPS) is 25.4. The summed E-state index contributed by atoms with van der Waals surface area (Å²) in [4.78, 5) is 2.38. The van der Waals surface area contributed by atoms with E-state index < -0.39 is 0 Å². The molecule has 3 nitrogen and oxygen atoms in total. The molecule has 0 aromatic carbocycles. The molecule has 1 heterocycles. The van der Waals surface area contributed by atoms with Gasteiger partial charge in [-0.05, 0) is 50.1 Å². The maximum atomic E-state index is 9.96. The Morgan fingerprint density at radius 3 is 2.41 bits per heavy atom. The van der Waals surface area contributed by atoms with Gasteiger partial charge >= 0.3 is 0 Å². The minimum atomic E-state index is -0.198. The van der Waals surface area contributed by atoms with Crippen molar-refractivity contribution < 1.29 is 5.11 Å². The van der Waals surface area contributed by atoms with E-state index in [2.05, 4.69) is 24.1 Å². The molecule has 1 saturated heterocycles. The number of nitrogens with one attached hydrogen (secondary N) is 1. The highest BCUT2D eigenvalue weighted by atomic mass is 16.3. The van der Waals surface area contributed by atoms with E-state index in [1.165, 1.54) is 38.8 Å². The fourth-order valence-electron chi connectivity index (χ4n) is 2.93. The van der Waals surface area contributed by atoms with Crippen molar-refractivity contribution >= 4 is 0 Å². The standard InChI is InChI=1S/C14H28N2O/c1-12(2)14(5-6-14)11-15-9-13(17)10-16-7-3-4-8-16/h12-13,15,17H,3-11H2,1-2H3. The molecule has 1 aliphatic heterocycles. The largest absolute Gasteiger partial charge is 0.390 e. The topological polar surface area (TPSA) is 35.5 Å². The van der Waals surface area contributed by atoms with Crippen LogP contribution in [-0.4, -0.2) is 48.8 Å².